The van der Waals surface area contributed by atoms with Gasteiger partial charge >= 0.3 is 0 Å². The number of nitrogens with two attached hydrogens (primary N) is 1. The number of nitrogens with one attached hydrogen (secondary N) is 2. The number of aliphatic hydroxyl groups is 1. The van der Waals surface area contributed by atoms with Crippen molar-refractivity contribution in [2.24, 2.45) is 5.84 Å². The second kappa shape index (κ2) is 4.39. The van der Waals surface area contributed by atoms with Gasteiger partial charge in [0.15, 0.2) is 5.65 Å². The number of nitrogen functional groups attached to an aromatic ring is 1. The van der Waals surface area contributed by atoms with Gasteiger partial charge < -0.3 is 10.0 Å². The number of nitrogens with zero attached hydrogens (tertiary/aromatic N) is 4. The second-order valence-corrected chi connectivity index (χ2v) is 4.39. The summed E-state index contributed by atoms with van der Waals surface area (Å²) in [4.78, 5) is 10.6. The molecular weight excluding hydrogens is 234 g/mol. The first-order valence-electron chi connectivity index (χ1n) is 5.88. The van der Waals surface area contributed by atoms with Gasteiger partial charge in [0, 0.05) is 13.1 Å². The third kappa shape index (κ3) is 1.85. The van der Waals surface area contributed by atoms with Crippen LogP contribution in [0, 0.1) is 0 Å². The van der Waals surface area contributed by atoms with Crippen molar-refractivity contribution in [3.63, 3.8) is 0 Å². The summed E-state index contributed by atoms with van der Waals surface area (Å²) in [7, 11) is 0. The van der Waals surface area contributed by atoms with Crippen LogP contribution >= 0.6 is 0 Å². The summed E-state index contributed by atoms with van der Waals surface area (Å²) in [5, 5.41) is 17.3. The average molecular weight is 249 g/mol. The molecule has 1 atom stereocenters. The minimum atomic E-state index is -0.315. The number of hydrazine groups is 1. The van der Waals surface area contributed by atoms with Crippen molar-refractivity contribution in [2.45, 2.75) is 18.9 Å². The van der Waals surface area contributed by atoms with Gasteiger partial charge in [-0.2, -0.15) is 15.1 Å². The van der Waals surface area contributed by atoms with E-state index in [0.717, 1.165) is 30.6 Å². The van der Waals surface area contributed by atoms with Gasteiger partial charge in [0.2, 0.25) is 5.95 Å². The summed E-state index contributed by atoms with van der Waals surface area (Å²) >= 11 is 0. The Morgan fingerprint density at radius 3 is 3.17 bits per heavy atom. The summed E-state index contributed by atoms with van der Waals surface area (Å²) in [5.74, 6) is 6.44. The SMILES string of the molecule is NNc1nc(N2CCCC(O)C2)c2cn[nH]c2n1. The molecule has 96 valence electrons. The number of aliphatic hydroxyl groups excluding tert-OH is 1. The van der Waals surface area contributed by atoms with Crippen LogP contribution in [-0.2, 0) is 0 Å². The maximum Gasteiger partial charge on any atom is 0.241 e. The highest BCUT2D eigenvalue weighted by Gasteiger charge is 2.22. The van der Waals surface area contributed by atoms with E-state index in [1.54, 1.807) is 6.20 Å². The van der Waals surface area contributed by atoms with Crippen molar-refractivity contribution in [1.82, 2.24) is 20.2 Å². The highest BCUT2D eigenvalue weighted by molar-refractivity contribution is 5.87. The van der Waals surface area contributed by atoms with Gasteiger partial charge in [0.1, 0.15) is 5.82 Å². The predicted octanol–water partition coefficient (Wildman–Crippen LogP) is -0.400. The normalized spacial score (nSPS) is 20.3. The van der Waals surface area contributed by atoms with Crippen LogP contribution in [-0.4, -0.2) is 44.5 Å². The molecule has 0 spiro atoms. The summed E-state index contributed by atoms with van der Waals surface area (Å²) < 4.78 is 0. The lowest BCUT2D eigenvalue weighted by atomic mass is 10.1. The van der Waals surface area contributed by atoms with Crippen LogP contribution < -0.4 is 16.2 Å². The van der Waals surface area contributed by atoms with E-state index in [9.17, 15) is 5.11 Å². The molecule has 5 N–H and O–H groups in total. The fourth-order valence-corrected chi connectivity index (χ4v) is 2.27. The molecule has 0 saturated carbocycles. The minimum absolute atomic E-state index is 0.315. The number of hydrogen-bond donors (Lipinski definition) is 4. The molecule has 3 heterocycles. The molecule has 0 amide bonds. The van der Waals surface area contributed by atoms with Crippen LogP contribution in [0.3, 0.4) is 0 Å². The van der Waals surface area contributed by atoms with Crippen molar-refractivity contribution < 1.29 is 5.11 Å². The molecule has 0 radical (unpaired) electrons. The lowest BCUT2D eigenvalue weighted by Gasteiger charge is -2.31. The summed E-state index contributed by atoms with van der Waals surface area (Å²) in [6, 6.07) is 0. The maximum atomic E-state index is 9.74. The minimum Gasteiger partial charge on any atom is -0.391 e. The Morgan fingerprint density at radius 2 is 2.39 bits per heavy atom. The molecular formula is C10H15N7O. The molecule has 1 saturated heterocycles. The zero-order valence-corrected chi connectivity index (χ0v) is 9.80. The molecule has 2 aromatic heterocycles. The molecule has 8 nitrogen and oxygen atoms in total. The lowest BCUT2D eigenvalue weighted by Crippen LogP contribution is -2.39. The van der Waals surface area contributed by atoms with E-state index >= 15 is 0 Å². The first-order valence-corrected chi connectivity index (χ1v) is 5.88. The molecule has 1 unspecified atom stereocenters. The van der Waals surface area contributed by atoms with Crippen LogP contribution in [0.1, 0.15) is 12.8 Å². The largest absolute Gasteiger partial charge is 0.391 e. The molecule has 3 rings (SSSR count). The van der Waals surface area contributed by atoms with Gasteiger partial charge in [0.25, 0.3) is 0 Å². The summed E-state index contributed by atoms with van der Waals surface area (Å²) in [5.41, 5.74) is 3.07. The Balaban J connectivity index is 2.05. The zero-order valence-electron chi connectivity index (χ0n) is 9.80. The van der Waals surface area contributed by atoms with Crippen LogP contribution in [0.25, 0.3) is 11.0 Å². The fourth-order valence-electron chi connectivity index (χ4n) is 2.27. The Bertz CT molecular complexity index is 554. The van der Waals surface area contributed by atoms with E-state index in [2.05, 4.69) is 25.6 Å². The van der Waals surface area contributed by atoms with Gasteiger partial charge in [-0.1, -0.05) is 0 Å². The predicted molar refractivity (Wildman–Crippen MR) is 66.9 cm³/mol. The first kappa shape index (κ1) is 11.2. The van der Waals surface area contributed by atoms with Gasteiger partial charge in [-0.05, 0) is 12.8 Å². The van der Waals surface area contributed by atoms with E-state index in [1.165, 1.54) is 0 Å². The number of β-amino-alcohol motifs (C(OH)–C–C–N with tert-alkyl or cyclic N) is 1. The van der Waals surface area contributed by atoms with E-state index in [-0.39, 0.29) is 6.10 Å². The van der Waals surface area contributed by atoms with Gasteiger partial charge in [0.05, 0.1) is 17.7 Å². The third-order valence-corrected chi connectivity index (χ3v) is 3.11. The Morgan fingerprint density at radius 1 is 1.50 bits per heavy atom. The standard InChI is InChI=1S/C10H15N7O/c11-15-10-13-8-7(4-12-16-8)9(14-10)17-3-1-2-6(18)5-17/h4,6,18H,1-3,5,11H2,(H2,12,13,14,15,16). The Kier molecular flexibility index (Phi) is 2.73. The number of piperidine rings is 1. The van der Waals surface area contributed by atoms with Crippen molar-refractivity contribution in [1.29, 1.82) is 0 Å². The van der Waals surface area contributed by atoms with Crippen molar-refractivity contribution in [3.8, 4) is 0 Å². The maximum absolute atomic E-state index is 9.74. The van der Waals surface area contributed by atoms with Crippen LogP contribution in [0.5, 0.6) is 0 Å². The van der Waals surface area contributed by atoms with Crippen molar-refractivity contribution >= 4 is 22.8 Å². The Hall–Kier alpha value is -1.93. The molecule has 1 fully saturated rings. The second-order valence-electron chi connectivity index (χ2n) is 4.39. The van der Waals surface area contributed by atoms with Gasteiger partial charge in [-0.25, -0.2) is 5.84 Å². The first-order chi connectivity index (χ1) is 8.78. The van der Waals surface area contributed by atoms with E-state index < -0.39 is 0 Å². The van der Waals surface area contributed by atoms with Gasteiger partial charge in [-0.3, -0.25) is 10.5 Å². The van der Waals surface area contributed by atoms with E-state index in [1.807, 2.05) is 4.90 Å². The highest BCUT2D eigenvalue weighted by atomic mass is 16.3. The van der Waals surface area contributed by atoms with Crippen LogP contribution in [0.2, 0.25) is 0 Å². The van der Waals surface area contributed by atoms with Crippen LogP contribution in [0.15, 0.2) is 6.20 Å². The average Bonchev–Trinajstić information content (AvgIpc) is 2.85. The molecule has 0 bridgehead atoms. The smallest absolute Gasteiger partial charge is 0.241 e. The number of aromatic amines is 1. The third-order valence-electron chi connectivity index (χ3n) is 3.11. The quantitative estimate of drug-likeness (QED) is 0.422. The molecule has 18 heavy (non-hydrogen) atoms. The van der Waals surface area contributed by atoms with E-state index in [0.29, 0.717) is 18.1 Å². The lowest BCUT2D eigenvalue weighted by molar-refractivity contribution is 0.154. The summed E-state index contributed by atoms with van der Waals surface area (Å²) in [6.45, 7) is 1.43. The number of hydrogen-bond acceptors (Lipinski definition) is 7. The number of aromatic nitrogens is 4. The number of anilines is 2. The fraction of sp³-hybridized carbons (Fsp3) is 0.500. The molecule has 0 aromatic carbocycles. The number of rotatable bonds is 2. The molecule has 2 aromatic rings. The number of fused-ring (bicyclic) bond motifs is 1. The highest BCUT2D eigenvalue weighted by Crippen LogP contribution is 2.26. The molecule has 1 aliphatic rings. The Labute approximate surface area is 103 Å². The van der Waals surface area contributed by atoms with Crippen molar-refractivity contribution in [3.05, 3.63) is 6.20 Å². The molecule has 0 aliphatic carbocycles. The monoisotopic (exact) mass is 249 g/mol. The van der Waals surface area contributed by atoms with E-state index in [4.69, 9.17) is 5.84 Å². The number of H-pyrrole nitrogens is 1. The summed E-state index contributed by atoms with van der Waals surface area (Å²) in [6.07, 6.45) is 3.14. The molecule has 1 aliphatic heterocycles. The topological polar surface area (TPSA) is 116 Å². The zero-order chi connectivity index (χ0) is 12.5. The van der Waals surface area contributed by atoms with Crippen molar-refractivity contribution in [2.75, 3.05) is 23.4 Å². The molecule has 8 heteroatoms. The van der Waals surface area contributed by atoms with Gasteiger partial charge in [-0.15, -0.1) is 0 Å². The van der Waals surface area contributed by atoms with Crippen LogP contribution in [0.4, 0.5) is 11.8 Å².